The van der Waals surface area contributed by atoms with Gasteiger partial charge < -0.3 is 14.6 Å². The summed E-state index contributed by atoms with van der Waals surface area (Å²) in [6.07, 6.45) is 1.72. The SMILES string of the molecule is COc1ccc(NC(=O)Cn2nc3c4ccccc4n(Cc4cccc(F)c4)cc-3c2=O)cc1. The maximum absolute atomic E-state index is 13.7. The molecular formula is C26H21FN4O3. The fourth-order valence-corrected chi connectivity index (χ4v) is 4.01. The largest absolute Gasteiger partial charge is 0.497 e. The zero-order chi connectivity index (χ0) is 23.7. The first-order valence-corrected chi connectivity index (χ1v) is 10.7. The number of carbonyl (C=O) groups excluding carboxylic acids is 1. The second kappa shape index (κ2) is 8.82. The van der Waals surface area contributed by atoms with E-state index in [1.165, 1.54) is 16.8 Å². The van der Waals surface area contributed by atoms with Gasteiger partial charge in [-0.05, 0) is 48.0 Å². The van der Waals surface area contributed by atoms with Crippen molar-refractivity contribution in [2.24, 2.45) is 0 Å². The Balaban J connectivity index is 1.49. The van der Waals surface area contributed by atoms with Gasteiger partial charge in [0.05, 0.1) is 18.2 Å². The third kappa shape index (κ3) is 4.13. The molecule has 2 heterocycles. The van der Waals surface area contributed by atoms with Crippen LogP contribution < -0.4 is 15.6 Å². The molecule has 170 valence electrons. The minimum Gasteiger partial charge on any atom is -0.497 e. The van der Waals surface area contributed by atoms with E-state index >= 15 is 0 Å². The molecule has 2 aliphatic heterocycles. The van der Waals surface area contributed by atoms with Crippen LogP contribution >= 0.6 is 0 Å². The molecule has 0 radical (unpaired) electrons. The van der Waals surface area contributed by atoms with Gasteiger partial charge in [0.1, 0.15) is 23.8 Å². The number of nitrogens with one attached hydrogen (secondary N) is 1. The highest BCUT2D eigenvalue weighted by atomic mass is 19.1. The van der Waals surface area contributed by atoms with E-state index < -0.39 is 0 Å². The number of rotatable bonds is 6. The summed E-state index contributed by atoms with van der Waals surface area (Å²) < 4.78 is 21.9. The lowest BCUT2D eigenvalue weighted by atomic mass is 10.1. The monoisotopic (exact) mass is 456 g/mol. The Morgan fingerprint density at radius 3 is 2.62 bits per heavy atom. The number of pyridine rings is 1. The van der Waals surface area contributed by atoms with E-state index in [0.29, 0.717) is 29.2 Å². The van der Waals surface area contributed by atoms with Crippen molar-refractivity contribution in [3.63, 3.8) is 0 Å². The predicted octanol–water partition coefficient (Wildman–Crippen LogP) is 4.14. The first kappa shape index (κ1) is 21.4. The summed E-state index contributed by atoms with van der Waals surface area (Å²) >= 11 is 0. The van der Waals surface area contributed by atoms with Crippen molar-refractivity contribution in [3.05, 3.63) is 101 Å². The van der Waals surface area contributed by atoms with Crippen LogP contribution in [0.5, 0.6) is 5.75 Å². The van der Waals surface area contributed by atoms with Gasteiger partial charge in [0.15, 0.2) is 0 Å². The molecule has 0 saturated heterocycles. The molecule has 0 aliphatic carbocycles. The molecule has 5 rings (SSSR count). The van der Waals surface area contributed by atoms with Crippen molar-refractivity contribution in [2.45, 2.75) is 13.1 Å². The van der Waals surface area contributed by atoms with Gasteiger partial charge in [0.2, 0.25) is 5.91 Å². The molecule has 0 saturated carbocycles. The molecule has 8 heteroatoms. The summed E-state index contributed by atoms with van der Waals surface area (Å²) in [5.41, 5.74) is 2.77. The molecule has 34 heavy (non-hydrogen) atoms. The summed E-state index contributed by atoms with van der Waals surface area (Å²) in [6.45, 7) is 0.161. The lowest BCUT2D eigenvalue weighted by Gasteiger charge is -2.14. The van der Waals surface area contributed by atoms with Crippen LogP contribution in [0.1, 0.15) is 5.56 Å². The summed E-state index contributed by atoms with van der Waals surface area (Å²) in [4.78, 5) is 25.7. The number of methoxy groups -OCH3 is 1. The quantitative estimate of drug-likeness (QED) is 0.417. The number of hydrogen-bond acceptors (Lipinski definition) is 4. The van der Waals surface area contributed by atoms with Crippen molar-refractivity contribution < 1.29 is 13.9 Å². The van der Waals surface area contributed by atoms with Crippen LogP contribution in [-0.2, 0) is 17.9 Å². The maximum Gasteiger partial charge on any atom is 0.278 e. The van der Waals surface area contributed by atoms with Crippen LogP contribution in [0.4, 0.5) is 10.1 Å². The average Bonchev–Trinajstić information content (AvgIpc) is 3.15. The standard InChI is InChI=1S/C26H21FN4O3/c1-34-20-11-9-19(10-12-20)28-24(32)16-31-26(33)22-15-30(14-17-5-4-6-18(27)13-17)23-8-3-2-7-21(23)25(22)29-31/h2-13,15H,14,16H2,1H3,(H,28,32). The van der Waals surface area contributed by atoms with Gasteiger partial charge in [-0.2, -0.15) is 5.10 Å². The third-order valence-corrected chi connectivity index (χ3v) is 5.60. The third-order valence-electron chi connectivity index (χ3n) is 5.60. The van der Waals surface area contributed by atoms with Crippen molar-refractivity contribution in [3.8, 4) is 17.0 Å². The highest BCUT2D eigenvalue weighted by Gasteiger charge is 2.21. The molecule has 7 nitrogen and oxygen atoms in total. The smallest absolute Gasteiger partial charge is 0.278 e. The number of ether oxygens (including phenoxy) is 1. The molecule has 0 aromatic heterocycles. The normalized spacial score (nSPS) is 11.1. The molecule has 1 N–H and O–H groups in total. The number of amides is 1. The predicted molar refractivity (Wildman–Crippen MR) is 128 cm³/mol. The molecule has 0 fully saturated rings. The number of hydrogen-bond donors (Lipinski definition) is 1. The zero-order valence-electron chi connectivity index (χ0n) is 18.4. The van der Waals surface area contributed by atoms with Crippen molar-refractivity contribution in [2.75, 3.05) is 12.4 Å². The van der Waals surface area contributed by atoms with Crippen molar-refractivity contribution in [1.29, 1.82) is 0 Å². The van der Waals surface area contributed by atoms with Gasteiger partial charge in [-0.3, -0.25) is 9.59 Å². The summed E-state index contributed by atoms with van der Waals surface area (Å²) in [5.74, 6) is -0.00713. The Morgan fingerprint density at radius 2 is 1.85 bits per heavy atom. The Bertz CT molecular complexity index is 1520. The Labute approximate surface area is 194 Å². The van der Waals surface area contributed by atoms with Gasteiger partial charge in [-0.25, -0.2) is 9.07 Å². The van der Waals surface area contributed by atoms with E-state index in [9.17, 15) is 14.0 Å². The second-order valence-corrected chi connectivity index (χ2v) is 7.91. The fraction of sp³-hybridized carbons (Fsp3) is 0.115. The van der Waals surface area contributed by atoms with Gasteiger partial charge >= 0.3 is 0 Å². The van der Waals surface area contributed by atoms with Gasteiger partial charge in [0.25, 0.3) is 5.56 Å². The van der Waals surface area contributed by atoms with Crippen LogP contribution in [0.3, 0.4) is 0 Å². The van der Waals surface area contributed by atoms with Crippen LogP contribution in [-0.4, -0.2) is 27.4 Å². The molecule has 0 spiro atoms. The summed E-state index contributed by atoms with van der Waals surface area (Å²) in [5, 5.41) is 8.01. The Kier molecular flexibility index (Phi) is 5.55. The molecule has 3 aromatic carbocycles. The number of para-hydroxylation sites is 1. The van der Waals surface area contributed by atoms with Crippen LogP contribution in [0, 0.1) is 5.82 Å². The van der Waals surface area contributed by atoms with E-state index in [2.05, 4.69) is 10.4 Å². The number of carbonyl (C=O) groups is 1. The van der Waals surface area contributed by atoms with E-state index in [4.69, 9.17) is 4.74 Å². The van der Waals surface area contributed by atoms with Crippen molar-refractivity contribution in [1.82, 2.24) is 14.3 Å². The molecule has 0 bridgehead atoms. The van der Waals surface area contributed by atoms with E-state index in [1.54, 1.807) is 43.6 Å². The fourth-order valence-electron chi connectivity index (χ4n) is 4.01. The van der Waals surface area contributed by atoms with Gasteiger partial charge in [0, 0.05) is 23.8 Å². The summed E-state index contributed by atoms with van der Waals surface area (Å²) in [7, 11) is 1.57. The first-order chi connectivity index (χ1) is 16.5. The molecule has 1 amide bonds. The number of anilines is 1. The van der Waals surface area contributed by atoms with E-state index in [-0.39, 0.29) is 23.8 Å². The van der Waals surface area contributed by atoms with Gasteiger partial charge in [-0.1, -0.05) is 30.3 Å². The maximum atomic E-state index is 13.7. The minimum atomic E-state index is -0.369. The highest BCUT2D eigenvalue weighted by Crippen LogP contribution is 2.28. The average molecular weight is 456 g/mol. The van der Waals surface area contributed by atoms with Crippen LogP contribution in [0.15, 0.2) is 83.8 Å². The van der Waals surface area contributed by atoms with E-state index in [1.807, 2.05) is 34.9 Å². The summed E-state index contributed by atoms with van der Waals surface area (Å²) in [6, 6.07) is 20.8. The second-order valence-electron chi connectivity index (χ2n) is 7.91. The number of fused-ring (bicyclic) bond motifs is 3. The lowest BCUT2D eigenvalue weighted by molar-refractivity contribution is -0.116. The Hall–Kier alpha value is -4.46. The minimum absolute atomic E-state index is 0.224. The zero-order valence-corrected chi connectivity index (χ0v) is 18.4. The van der Waals surface area contributed by atoms with Crippen LogP contribution in [0.25, 0.3) is 22.2 Å². The first-order valence-electron chi connectivity index (χ1n) is 10.7. The lowest BCUT2D eigenvalue weighted by Crippen LogP contribution is -2.26. The molecule has 3 aromatic rings. The molecular weight excluding hydrogens is 435 g/mol. The molecule has 2 aliphatic rings. The number of nitrogens with zero attached hydrogens (tertiary/aromatic N) is 3. The number of benzene rings is 3. The van der Waals surface area contributed by atoms with Crippen molar-refractivity contribution >= 4 is 22.5 Å². The van der Waals surface area contributed by atoms with Crippen LogP contribution in [0.2, 0.25) is 0 Å². The number of aromatic nitrogens is 3. The molecule has 0 atom stereocenters. The van der Waals surface area contributed by atoms with E-state index in [0.717, 1.165) is 16.5 Å². The van der Waals surface area contributed by atoms with Gasteiger partial charge in [-0.15, -0.1) is 0 Å². The Morgan fingerprint density at radius 1 is 1.06 bits per heavy atom. The molecule has 0 unspecified atom stereocenters. The topological polar surface area (TPSA) is 78.2 Å². The number of halogens is 1. The highest BCUT2D eigenvalue weighted by molar-refractivity contribution is 5.94.